The molecule has 0 saturated heterocycles. The number of hydrogen-bond acceptors (Lipinski definition) is 7. The molecule has 0 aliphatic heterocycles. The van der Waals surface area contributed by atoms with Crippen LogP contribution in [0.2, 0.25) is 5.02 Å². The Morgan fingerprint density at radius 3 is 2.41 bits per heavy atom. The molecule has 0 fully saturated rings. The van der Waals surface area contributed by atoms with E-state index < -0.39 is 23.7 Å². The average Bonchev–Trinajstić information content (AvgIpc) is 3.01. The van der Waals surface area contributed by atoms with Crippen molar-refractivity contribution in [1.82, 2.24) is 20.6 Å². The number of alkyl halides is 3. The highest BCUT2D eigenvalue weighted by atomic mass is 35.5. The van der Waals surface area contributed by atoms with Crippen molar-refractivity contribution in [3.05, 3.63) is 87.6 Å². The Morgan fingerprint density at radius 2 is 1.70 bits per heavy atom. The van der Waals surface area contributed by atoms with Crippen LogP contribution in [0, 0.1) is 0 Å². The zero-order chi connectivity index (χ0) is 31.4. The Labute approximate surface area is 259 Å². The first-order chi connectivity index (χ1) is 21.2. The van der Waals surface area contributed by atoms with Gasteiger partial charge in [-0.3, -0.25) is 4.98 Å². The second-order valence-corrected chi connectivity index (χ2v) is 10.9. The molecule has 0 radical (unpaired) electrons. The second-order valence-electron chi connectivity index (χ2n) is 10.5. The maximum Gasteiger partial charge on any atom is 0.421 e. The standard InChI is InChI=1S/C33H34ClF3N4O3/c1-38-17-20-12-11-19(16-28(20)42-3)30-29(34)25(13-14-40-30)23-7-5-9-24-22(23)8-6-10-27(24)44-32-26(33(35,36)37)15-21(18-39-2)31(41-32)43-4/h5,7,9,11-16,27,38-39H,6,8,10,17-18H2,1-4H3/t27-/m0/s1. The number of halogens is 4. The highest BCUT2D eigenvalue weighted by Gasteiger charge is 2.38. The number of benzene rings is 2. The lowest BCUT2D eigenvalue weighted by molar-refractivity contribution is -0.139. The summed E-state index contributed by atoms with van der Waals surface area (Å²) in [6, 6.07) is 14.5. The van der Waals surface area contributed by atoms with Crippen LogP contribution >= 0.6 is 11.6 Å². The highest BCUT2D eigenvalue weighted by molar-refractivity contribution is 6.35. The van der Waals surface area contributed by atoms with E-state index >= 15 is 0 Å². The molecule has 7 nitrogen and oxygen atoms in total. The van der Waals surface area contributed by atoms with Crippen molar-refractivity contribution in [3.63, 3.8) is 0 Å². The molecule has 5 rings (SSSR count). The van der Waals surface area contributed by atoms with Gasteiger partial charge >= 0.3 is 6.18 Å². The Balaban J connectivity index is 1.54. The van der Waals surface area contributed by atoms with Gasteiger partial charge in [0.2, 0.25) is 11.8 Å². The Hall–Kier alpha value is -3.86. The first kappa shape index (κ1) is 31.6. The zero-order valence-electron chi connectivity index (χ0n) is 24.9. The van der Waals surface area contributed by atoms with E-state index in [4.69, 9.17) is 25.8 Å². The zero-order valence-corrected chi connectivity index (χ0v) is 25.7. The molecule has 1 atom stereocenters. The summed E-state index contributed by atoms with van der Waals surface area (Å²) in [6.07, 6.45) is -1.63. The summed E-state index contributed by atoms with van der Waals surface area (Å²) in [5, 5.41) is 6.45. The summed E-state index contributed by atoms with van der Waals surface area (Å²) in [7, 11) is 6.51. The topological polar surface area (TPSA) is 77.5 Å². The number of fused-ring (bicyclic) bond motifs is 1. The van der Waals surface area contributed by atoms with Crippen molar-refractivity contribution in [2.75, 3.05) is 28.3 Å². The molecule has 2 heterocycles. The third-order valence-corrected chi connectivity index (χ3v) is 8.09. The smallest absolute Gasteiger partial charge is 0.421 e. The summed E-state index contributed by atoms with van der Waals surface area (Å²) in [5.74, 6) is 0.302. The molecule has 0 spiro atoms. The van der Waals surface area contributed by atoms with Crippen molar-refractivity contribution in [2.24, 2.45) is 0 Å². The van der Waals surface area contributed by atoms with E-state index in [1.807, 2.05) is 49.5 Å². The second kappa shape index (κ2) is 13.4. The molecular weight excluding hydrogens is 593 g/mol. The summed E-state index contributed by atoms with van der Waals surface area (Å²) < 4.78 is 59.5. The molecule has 0 unspecified atom stereocenters. The van der Waals surface area contributed by atoms with Crippen LogP contribution in [-0.2, 0) is 25.7 Å². The number of ether oxygens (including phenoxy) is 3. The lowest BCUT2D eigenvalue weighted by Crippen LogP contribution is -2.20. The van der Waals surface area contributed by atoms with Crippen molar-refractivity contribution in [3.8, 4) is 39.9 Å². The minimum absolute atomic E-state index is 0.0823. The molecule has 0 amide bonds. The van der Waals surface area contributed by atoms with E-state index in [1.165, 1.54) is 7.11 Å². The number of nitrogens with zero attached hydrogens (tertiary/aromatic N) is 2. The molecule has 11 heteroatoms. The fraction of sp³-hybridized carbons (Fsp3) is 0.333. The first-order valence-electron chi connectivity index (χ1n) is 14.2. The van der Waals surface area contributed by atoms with Crippen LogP contribution in [-0.4, -0.2) is 38.3 Å². The molecule has 2 aromatic heterocycles. The van der Waals surface area contributed by atoms with Crippen molar-refractivity contribution in [1.29, 1.82) is 0 Å². The molecule has 232 valence electrons. The number of hydrogen-bond donors (Lipinski definition) is 2. The van der Waals surface area contributed by atoms with Gasteiger partial charge in [0.15, 0.2) is 0 Å². The predicted octanol–water partition coefficient (Wildman–Crippen LogP) is 7.40. The highest BCUT2D eigenvalue weighted by Crippen LogP contribution is 2.45. The maximum atomic E-state index is 14.2. The monoisotopic (exact) mass is 626 g/mol. The maximum absolute atomic E-state index is 14.2. The number of pyridine rings is 2. The minimum Gasteiger partial charge on any atom is -0.496 e. The van der Waals surface area contributed by atoms with Crippen molar-refractivity contribution < 1.29 is 27.4 Å². The largest absolute Gasteiger partial charge is 0.496 e. The van der Waals surface area contributed by atoms with Gasteiger partial charge in [0.25, 0.3) is 0 Å². The summed E-state index contributed by atoms with van der Waals surface area (Å²) in [5.41, 5.74) is 5.20. The molecular formula is C33H34ClF3N4O3. The van der Waals surface area contributed by atoms with E-state index in [-0.39, 0.29) is 12.4 Å². The van der Waals surface area contributed by atoms with Gasteiger partial charge in [0, 0.05) is 41.5 Å². The van der Waals surface area contributed by atoms with Crippen LogP contribution in [0.25, 0.3) is 22.4 Å². The van der Waals surface area contributed by atoms with Crippen LogP contribution < -0.4 is 24.8 Å². The lowest BCUT2D eigenvalue weighted by atomic mass is 9.84. The van der Waals surface area contributed by atoms with Gasteiger partial charge in [-0.25, -0.2) is 0 Å². The Kier molecular flexibility index (Phi) is 9.62. The van der Waals surface area contributed by atoms with Crippen LogP contribution in [0.1, 0.15) is 46.8 Å². The lowest BCUT2D eigenvalue weighted by Gasteiger charge is -2.29. The normalized spacial score (nSPS) is 14.7. The number of aromatic nitrogens is 2. The van der Waals surface area contributed by atoms with Crippen LogP contribution in [0.4, 0.5) is 13.2 Å². The first-order valence-corrected chi connectivity index (χ1v) is 14.6. The molecule has 44 heavy (non-hydrogen) atoms. The van der Waals surface area contributed by atoms with Crippen molar-refractivity contribution >= 4 is 11.6 Å². The Bertz CT molecular complexity index is 1650. The third kappa shape index (κ3) is 6.33. The minimum atomic E-state index is -4.66. The molecule has 0 saturated carbocycles. The summed E-state index contributed by atoms with van der Waals surface area (Å²) in [6.45, 7) is 0.813. The van der Waals surface area contributed by atoms with Crippen LogP contribution in [0.5, 0.6) is 17.5 Å². The molecule has 0 bridgehead atoms. The molecule has 2 N–H and O–H groups in total. The van der Waals surface area contributed by atoms with E-state index in [2.05, 4.69) is 20.6 Å². The fourth-order valence-corrected chi connectivity index (χ4v) is 6.03. The van der Waals surface area contributed by atoms with Gasteiger partial charge < -0.3 is 24.8 Å². The van der Waals surface area contributed by atoms with Gasteiger partial charge in [-0.05, 0) is 68.2 Å². The van der Waals surface area contributed by atoms with Crippen LogP contribution in [0.15, 0.2) is 54.7 Å². The van der Waals surface area contributed by atoms with E-state index in [0.717, 1.165) is 51.6 Å². The summed E-state index contributed by atoms with van der Waals surface area (Å²) >= 11 is 7.03. The van der Waals surface area contributed by atoms with Crippen molar-refractivity contribution in [2.45, 2.75) is 44.6 Å². The molecule has 1 aliphatic rings. The van der Waals surface area contributed by atoms with Gasteiger partial charge in [-0.15, -0.1) is 0 Å². The van der Waals surface area contributed by atoms with Gasteiger partial charge in [-0.1, -0.05) is 41.9 Å². The van der Waals surface area contributed by atoms with Gasteiger partial charge in [0.1, 0.15) is 17.4 Å². The number of methoxy groups -OCH3 is 2. The van der Waals surface area contributed by atoms with E-state index in [0.29, 0.717) is 35.7 Å². The average molecular weight is 627 g/mol. The number of rotatable bonds is 10. The van der Waals surface area contributed by atoms with Gasteiger partial charge in [-0.2, -0.15) is 18.2 Å². The summed E-state index contributed by atoms with van der Waals surface area (Å²) in [4.78, 5) is 8.75. The fourth-order valence-electron chi connectivity index (χ4n) is 5.70. The SMILES string of the molecule is CNCc1ccc(-c2nccc(-c3cccc4c3CCC[C@@H]4Oc3nc(OC)c(CNC)cc3C(F)(F)F)c2Cl)cc1OC. The van der Waals surface area contributed by atoms with Gasteiger partial charge in [0.05, 0.1) is 24.9 Å². The third-order valence-electron chi connectivity index (χ3n) is 7.71. The van der Waals surface area contributed by atoms with E-state index in [1.54, 1.807) is 20.4 Å². The van der Waals surface area contributed by atoms with E-state index in [9.17, 15) is 13.2 Å². The molecule has 1 aliphatic carbocycles. The number of nitrogens with one attached hydrogen (secondary N) is 2. The quantitative estimate of drug-likeness (QED) is 0.190. The molecule has 2 aromatic carbocycles. The predicted molar refractivity (Wildman–Crippen MR) is 164 cm³/mol. The Morgan fingerprint density at radius 1 is 0.932 bits per heavy atom. The molecule has 4 aromatic rings. The van der Waals surface area contributed by atoms with Crippen LogP contribution in [0.3, 0.4) is 0 Å².